The Morgan fingerprint density at radius 2 is 1.95 bits per heavy atom. The van der Waals surface area contributed by atoms with E-state index in [2.05, 4.69) is 0 Å². The van der Waals surface area contributed by atoms with Crippen LogP contribution in [0.4, 0.5) is 4.39 Å². The molecule has 0 spiro atoms. The lowest BCUT2D eigenvalue weighted by Gasteiger charge is -2.38. The molecule has 0 aromatic heterocycles. The average Bonchev–Trinajstić information content (AvgIpc) is 2.32. The quantitative estimate of drug-likeness (QED) is 0.803. The Hall–Kier alpha value is -1.91. The van der Waals surface area contributed by atoms with Gasteiger partial charge in [0, 0.05) is 12.5 Å². The smallest absolute Gasteiger partial charge is 0.329 e. The second-order valence-electron chi connectivity index (χ2n) is 4.99. The van der Waals surface area contributed by atoms with Crippen molar-refractivity contribution in [1.82, 2.24) is 4.90 Å². The van der Waals surface area contributed by atoms with Crippen LogP contribution in [-0.2, 0) is 16.0 Å². The van der Waals surface area contributed by atoms with Crippen LogP contribution in [0.5, 0.6) is 0 Å². The van der Waals surface area contributed by atoms with Crippen molar-refractivity contribution in [2.24, 2.45) is 0 Å². The van der Waals surface area contributed by atoms with Crippen LogP contribution in [0.1, 0.15) is 26.3 Å². The molecule has 5 heteroatoms. The highest BCUT2D eigenvalue weighted by atomic mass is 19.1. The summed E-state index contributed by atoms with van der Waals surface area (Å²) >= 11 is 0. The molecule has 1 atom stereocenters. The molecular formula is C14H18FNO3. The molecule has 1 aromatic rings. The van der Waals surface area contributed by atoms with Crippen molar-refractivity contribution >= 4 is 12.4 Å². The van der Waals surface area contributed by atoms with Crippen LogP contribution in [0.3, 0.4) is 0 Å². The van der Waals surface area contributed by atoms with E-state index in [1.54, 1.807) is 13.8 Å². The van der Waals surface area contributed by atoms with Crippen LogP contribution >= 0.6 is 0 Å². The number of nitrogens with zero attached hydrogens (tertiary/aromatic N) is 1. The van der Waals surface area contributed by atoms with Gasteiger partial charge in [0.2, 0.25) is 6.41 Å². The van der Waals surface area contributed by atoms with Crippen molar-refractivity contribution in [3.05, 3.63) is 35.6 Å². The molecule has 0 aliphatic heterocycles. The van der Waals surface area contributed by atoms with Gasteiger partial charge in [0.25, 0.3) is 0 Å². The Morgan fingerprint density at radius 1 is 1.42 bits per heavy atom. The topological polar surface area (TPSA) is 57.6 Å². The Labute approximate surface area is 111 Å². The number of amides is 1. The van der Waals surface area contributed by atoms with Crippen molar-refractivity contribution < 1.29 is 19.1 Å². The lowest BCUT2D eigenvalue weighted by Crippen LogP contribution is -2.56. The number of hydrogen-bond donors (Lipinski definition) is 1. The van der Waals surface area contributed by atoms with E-state index in [4.69, 9.17) is 0 Å². The minimum Gasteiger partial charge on any atom is -0.479 e. The Bertz CT molecular complexity index is 458. The maximum absolute atomic E-state index is 12.8. The second kappa shape index (κ2) is 5.82. The van der Waals surface area contributed by atoms with Gasteiger partial charge in [0.15, 0.2) is 0 Å². The fourth-order valence-corrected chi connectivity index (χ4v) is 2.08. The van der Waals surface area contributed by atoms with E-state index in [0.29, 0.717) is 12.0 Å². The van der Waals surface area contributed by atoms with E-state index >= 15 is 0 Å². The predicted molar refractivity (Wildman–Crippen MR) is 69.2 cm³/mol. The molecule has 0 saturated carbocycles. The SMILES string of the molecule is CC(C)N(C=O)C(C)(Cc1ccc(F)cc1)C(=O)O. The molecule has 1 N–H and O–H groups in total. The number of benzene rings is 1. The first-order chi connectivity index (χ1) is 8.81. The third-order valence-corrected chi connectivity index (χ3v) is 3.16. The highest BCUT2D eigenvalue weighted by Gasteiger charge is 2.40. The van der Waals surface area contributed by atoms with E-state index in [1.165, 1.54) is 36.1 Å². The number of carbonyl (C=O) groups is 2. The summed E-state index contributed by atoms with van der Waals surface area (Å²) in [5.41, 5.74) is -0.688. The minimum absolute atomic E-state index is 0.125. The standard InChI is InChI=1S/C14H18FNO3/c1-10(2)16(9-17)14(3,13(18)19)8-11-4-6-12(15)7-5-11/h4-7,9-10H,8H2,1-3H3,(H,18,19). The summed E-state index contributed by atoms with van der Waals surface area (Å²) < 4.78 is 12.8. The second-order valence-corrected chi connectivity index (χ2v) is 4.99. The lowest BCUT2D eigenvalue weighted by molar-refractivity contribution is -0.155. The molecule has 0 aliphatic rings. The van der Waals surface area contributed by atoms with Crippen molar-refractivity contribution in [3.8, 4) is 0 Å². The Kier molecular flexibility index (Phi) is 4.64. The maximum atomic E-state index is 12.8. The van der Waals surface area contributed by atoms with E-state index < -0.39 is 11.5 Å². The van der Waals surface area contributed by atoms with Crippen molar-refractivity contribution in [2.45, 2.75) is 38.8 Å². The highest BCUT2D eigenvalue weighted by Crippen LogP contribution is 2.23. The lowest BCUT2D eigenvalue weighted by atomic mass is 9.90. The first kappa shape index (κ1) is 15.1. The number of halogens is 1. The van der Waals surface area contributed by atoms with Gasteiger partial charge in [-0.15, -0.1) is 0 Å². The van der Waals surface area contributed by atoms with Gasteiger partial charge in [-0.3, -0.25) is 4.79 Å². The molecule has 1 amide bonds. The van der Waals surface area contributed by atoms with Crippen LogP contribution in [0.2, 0.25) is 0 Å². The molecular weight excluding hydrogens is 249 g/mol. The van der Waals surface area contributed by atoms with Gasteiger partial charge in [0.1, 0.15) is 11.4 Å². The van der Waals surface area contributed by atoms with Crippen molar-refractivity contribution in [3.63, 3.8) is 0 Å². The maximum Gasteiger partial charge on any atom is 0.329 e. The van der Waals surface area contributed by atoms with Gasteiger partial charge in [-0.25, -0.2) is 9.18 Å². The highest BCUT2D eigenvalue weighted by molar-refractivity contribution is 5.81. The van der Waals surface area contributed by atoms with E-state index in [0.717, 1.165) is 0 Å². The van der Waals surface area contributed by atoms with Crippen LogP contribution in [0.15, 0.2) is 24.3 Å². The molecule has 1 rings (SSSR count). The largest absolute Gasteiger partial charge is 0.479 e. The zero-order valence-electron chi connectivity index (χ0n) is 11.3. The van der Waals surface area contributed by atoms with Crippen LogP contribution in [-0.4, -0.2) is 34.0 Å². The van der Waals surface area contributed by atoms with Crippen molar-refractivity contribution in [2.75, 3.05) is 0 Å². The molecule has 19 heavy (non-hydrogen) atoms. The number of aliphatic carboxylic acids is 1. The molecule has 0 bridgehead atoms. The molecule has 0 aliphatic carbocycles. The fourth-order valence-electron chi connectivity index (χ4n) is 2.08. The predicted octanol–water partition coefficient (Wildman–Crippen LogP) is 2.08. The van der Waals surface area contributed by atoms with Gasteiger partial charge in [-0.1, -0.05) is 12.1 Å². The summed E-state index contributed by atoms with van der Waals surface area (Å²) in [6.45, 7) is 4.99. The van der Waals surface area contributed by atoms with Gasteiger partial charge in [-0.05, 0) is 38.5 Å². The van der Waals surface area contributed by atoms with E-state index in [9.17, 15) is 19.1 Å². The summed E-state index contributed by atoms with van der Waals surface area (Å²) in [5.74, 6) is -1.46. The average molecular weight is 267 g/mol. The zero-order chi connectivity index (χ0) is 14.6. The van der Waals surface area contributed by atoms with Crippen LogP contribution in [0, 0.1) is 5.82 Å². The van der Waals surface area contributed by atoms with Crippen LogP contribution in [0.25, 0.3) is 0 Å². The summed E-state index contributed by atoms with van der Waals surface area (Å²) in [7, 11) is 0. The first-order valence-electron chi connectivity index (χ1n) is 6.03. The number of carboxylic acid groups (broad SMARTS) is 1. The summed E-state index contributed by atoms with van der Waals surface area (Å²) in [6.07, 6.45) is 0.668. The third-order valence-electron chi connectivity index (χ3n) is 3.16. The molecule has 0 radical (unpaired) electrons. The van der Waals surface area contributed by atoms with Gasteiger partial charge < -0.3 is 10.0 Å². The molecule has 104 valence electrons. The van der Waals surface area contributed by atoms with Crippen molar-refractivity contribution in [1.29, 1.82) is 0 Å². The minimum atomic E-state index is -1.35. The number of carbonyl (C=O) groups excluding carboxylic acids is 1. The Balaban J connectivity index is 3.09. The summed E-state index contributed by atoms with van der Waals surface area (Å²) in [6, 6.07) is 5.37. The molecule has 0 saturated heterocycles. The zero-order valence-corrected chi connectivity index (χ0v) is 11.3. The molecule has 4 nitrogen and oxygen atoms in total. The normalized spacial score (nSPS) is 13.9. The fraction of sp³-hybridized carbons (Fsp3) is 0.429. The van der Waals surface area contributed by atoms with E-state index in [1.807, 2.05) is 0 Å². The number of carboxylic acids is 1. The van der Waals surface area contributed by atoms with Gasteiger partial charge in [0.05, 0.1) is 0 Å². The number of hydrogen-bond acceptors (Lipinski definition) is 2. The number of rotatable bonds is 6. The molecule has 0 heterocycles. The molecule has 1 unspecified atom stereocenters. The first-order valence-corrected chi connectivity index (χ1v) is 6.03. The molecule has 0 fully saturated rings. The van der Waals surface area contributed by atoms with Crippen LogP contribution < -0.4 is 0 Å². The third kappa shape index (κ3) is 3.30. The van der Waals surface area contributed by atoms with Gasteiger partial charge >= 0.3 is 5.97 Å². The monoisotopic (exact) mass is 267 g/mol. The summed E-state index contributed by atoms with van der Waals surface area (Å²) in [4.78, 5) is 23.9. The van der Waals surface area contributed by atoms with Gasteiger partial charge in [-0.2, -0.15) is 0 Å². The molecule has 1 aromatic carbocycles. The summed E-state index contributed by atoms with van der Waals surface area (Å²) in [5, 5.41) is 9.42. The van der Waals surface area contributed by atoms with E-state index in [-0.39, 0.29) is 18.3 Å². The Morgan fingerprint density at radius 3 is 2.32 bits per heavy atom.